The summed E-state index contributed by atoms with van der Waals surface area (Å²) in [6.07, 6.45) is 1.99. The van der Waals surface area contributed by atoms with E-state index < -0.39 is 5.97 Å². The summed E-state index contributed by atoms with van der Waals surface area (Å²) >= 11 is 1.29. The Hall–Kier alpha value is -2.08. The van der Waals surface area contributed by atoms with Crippen molar-refractivity contribution in [3.8, 4) is 22.1 Å². The van der Waals surface area contributed by atoms with Gasteiger partial charge in [0.25, 0.3) is 0 Å². The lowest BCUT2D eigenvalue weighted by Gasteiger charge is -2.11. The molecule has 6 heteroatoms. The average Bonchev–Trinajstić information content (AvgIpc) is 2.97. The van der Waals surface area contributed by atoms with Crippen LogP contribution in [0.2, 0.25) is 0 Å². The van der Waals surface area contributed by atoms with Gasteiger partial charge in [-0.25, -0.2) is 9.78 Å². The lowest BCUT2D eigenvalue weighted by atomic mass is 10.2. The number of benzene rings is 1. The van der Waals surface area contributed by atoms with Crippen LogP contribution in [0.15, 0.2) is 23.6 Å². The maximum Gasteiger partial charge on any atom is 0.355 e. The predicted octanol–water partition coefficient (Wildman–Crippen LogP) is 3.70. The van der Waals surface area contributed by atoms with Crippen LogP contribution in [-0.4, -0.2) is 29.8 Å². The first-order valence-electron chi connectivity index (χ1n) is 6.65. The van der Waals surface area contributed by atoms with E-state index >= 15 is 0 Å². The van der Waals surface area contributed by atoms with Gasteiger partial charge in [-0.1, -0.05) is 13.3 Å². The molecule has 5 nitrogen and oxygen atoms in total. The summed E-state index contributed by atoms with van der Waals surface area (Å²) in [4.78, 5) is 15.1. The molecule has 0 fully saturated rings. The number of hydrogen-bond donors (Lipinski definition) is 1. The fraction of sp³-hybridized carbons (Fsp3) is 0.333. The van der Waals surface area contributed by atoms with Crippen molar-refractivity contribution in [2.75, 3.05) is 13.7 Å². The van der Waals surface area contributed by atoms with Crippen molar-refractivity contribution >= 4 is 17.3 Å². The summed E-state index contributed by atoms with van der Waals surface area (Å²) in [5.41, 5.74) is 0.828. The predicted molar refractivity (Wildman–Crippen MR) is 81.5 cm³/mol. The molecule has 0 saturated heterocycles. The van der Waals surface area contributed by atoms with Crippen LogP contribution < -0.4 is 9.47 Å². The van der Waals surface area contributed by atoms with Crippen LogP contribution in [0.1, 0.15) is 30.3 Å². The van der Waals surface area contributed by atoms with E-state index in [0.29, 0.717) is 23.1 Å². The average molecular weight is 307 g/mol. The van der Waals surface area contributed by atoms with Crippen molar-refractivity contribution in [2.45, 2.75) is 19.8 Å². The second kappa shape index (κ2) is 7.08. The highest BCUT2D eigenvalue weighted by molar-refractivity contribution is 7.13. The lowest BCUT2D eigenvalue weighted by Crippen LogP contribution is -1.99. The molecule has 0 atom stereocenters. The van der Waals surface area contributed by atoms with E-state index in [4.69, 9.17) is 14.6 Å². The van der Waals surface area contributed by atoms with Crippen LogP contribution in [0.3, 0.4) is 0 Å². The van der Waals surface area contributed by atoms with Gasteiger partial charge in [0.15, 0.2) is 5.69 Å². The number of carboxylic acid groups (broad SMARTS) is 1. The highest BCUT2D eigenvalue weighted by atomic mass is 32.1. The van der Waals surface area contributed by atoms with Gasteiger partial charge in [0.2, 0.25) is 0 Å². The summed E-state index contributed by atoms with van der Waals surface area (Å²) in [7, 11) is 1.59. The van der Waals surface area contributed by atoms with Crippen LogP contribution in [0.4, 0.5) is 0 Å². The second-order valence-corrected chi connectivity index (χ2v) is 5.27. The number of aromatic nitrogens is 1. The fourth-order valence-corrected chi connectivity index (χ4v) is 2.57. The molecule has 0 aliphatic carbocycles. The zero-order valence-electron chi connectivity index (χ0n) is 12.0. The van der Waals surface area contributed by atoms with Gasteiger partial charge in [0, 0.05) is 11.4 Å². The van der Waals surface area contributed by atoms with Crippen molar-refractivity contribution in [1.82, 2.24) is 4.98 Å². The summed E-state index contributed by atoms with van der Waals surface area (Å²) in [5.74, 6) is 0.328. The number of methoxy groups -OCH3 is 1. The van der Waals surface area contributed by atoms with Crippen molar-refractivity contribution in [3.63, 3.8) is 0 Å². The van der Waals surface area contributed by atoms with E-state index in [9.17, 15) is 4.79 Å². The first kappa shape index (κ1) is 15.3. The van der Waals surface area contributed by atoms with Crippen molar-refractivity contribution in [1.29, 1.82) is 0 Å². The van der Waals surface area contributed by atoms with Crippen molar-refractivity contribution < 1.29 is 19.4 Å². The fourth-order valence-electron chi connectivity index (χ4n) is 1.75. The van der Waals surface area contributed by atoms with E-state index in [1.165, 1.54) is 16.7 Å². The highest BCUT2D eigenvalue weighted by Gasteiger charge is 2.14. The molecule has 1 N–H and O–H groups in total. The summed E-state index contributed by atoms with van der Waals surface area (Å²) in [6.45, 7) is 2.70. The lowest BCUT2D eigenvalue weighted by molar-refractivity contribution is 0.0691. The molecule has 1 aromatic heterocycles. The first-order valence-corrected chi connectivity index (χ1v) is 7.53. The monoisotopic (exact) mass is 307 g/mol. The summed E-state index contributed by atoms with van der Waals surface area (Å²) in [5, 5.41) is 11.1. The Balaban J connectivity index is 2.33. The number of aromatic carboxylic acids is 1. The minimum absolute atomic E-state index is 0.0466. The van der Waals surface area contributed by atoms with Crippen LogP contribution in [-0.2, 0) is 0 Å². The van der Waals surface area contributed by atoms with Gasteiger partial charge in [0.1, 0.15) is 16.5 Å². The molecule has 0 radical (unpaired) electrons. The van der Waals surface area contributed by atoms with E-state index in [2.05, 4.69) is 11.9 Å². The Morgan fingerprint density at radius 2 is 2.24 bits per heavy atom. The maximum absolute atomic E-state index is 10.9. The van der Waals surface area contributed by atoms with Gasteiger partial charge in [-0.15, -0.1) is 11.3 Å². The number of thiazole rings is 1. The number of nitrogens with zero attached hydrogens (tertiary/aromatic N) is 1. The molecular weight excluding hydrogens is 290 g/mol. The third-order valence-corrected chi connectivity index (χ3v) is 3.77. The number of hydrogen-bond acceptors (Lipinski definition) is 5. The van der Waals surface area contributed by atoms with E-state index in [-0.39, 0.29) is 5.69 Å². The molecule has 0 aliphatic rings. The Kier molecular flexibility index (Phi) is 5.16. The number of ether oxygens (including phenoxy) is 2. The van der Waals surface area contributed by atoms with E-state index in [0.717, 1.165) is 18.4 Å². The van der Waals surface area contributed by atoms with Crippen LogP contribution in [0, 0.1) is 0 Å². The Bertz CT molecular complexity index is 624. The van der Waals surface area contributed by atoms with Gasteiger partial charge >= 0.3 is 5.97 Å². The quantitative estimate of drug-likeness (QED) is 0.790. The molecule has 2 rings (SSSR count). The molecule has 0 aliphatic heterocycles. The SMILES string of the molecule is CCCCOc1cc(OC)ccc1-c1nc(C(=O)O)cs1. The van der Waals surface area contributed by atoms with Crippen molar-refractivity contribution in [2.24, 2.45) is 0 Å². The molecule has 1 heterocycles. The Morgan fingerprint density at radius 1 is 1.43 bits per heavy atom. The number of carboxylic acids is 1. The minimum Gasteiger partial charge on any atom is -0.497 e. The zero-order valence-corrected chi connectivity index (χ0v) is 12.8. The van der Waals surface area contributed by atoms with Crippen molar-refractivity contribution in [3.05, 3.63) is 29.3 Å². The van der Waals surface area contributed by atoms with E-state index in [1.807, 2.05) is 12.1 Å². The van der Waals surface area contributed by atoms with Gasteiger partial charge in [0.05, 0.1) is 19.3 Å². The van der Waals surface area contributed by atoms with Crippen LogP contribution in [0.25, 0.3) is 10.6 Å². The zero-order chi connectivity index (χ0) is 15.2. The first-order chi connectivity index (χ1) is 10.2. The number of carbonyl (C=O) groups is 1. The third kappa shape index (κ3) is 3.72. The molecular formula is C15H17NO4S. The minimum atomic E-state index is -1.03. The van der Waals surface area contributed by atoms with Crippen LogP contribution in [0.5, 0.6) is 11.5 Å². The molecule has 0 spiro atoms. The third-order valence-electron chi connectivity index (χ3n) is 2.90. The van der Waals surface area contributed by atoms with Gasteiger partial charge in [-0.3, -0.25) is 0 Å². The van der Waals surface area contributed by atoms with Crippen LogP contribution >= 0.6 is 11.3 Å². The Morgan fingerprint density at radius 3 is 2.86 bits per heavy atom. The molecule has 21 heavy (non-hydrogen) atoms. The van der Waals surface area contributed by atoms with Gasteiger partial charge in [-0.05, 0) is 18.6 Å². The molecule has 0 unspecified atom stereocenters. The molecule has 0 saturated carbocycles. The Labute approximate surface area is 127 Å². The highest BCUT2D eigenvalue weighted by Crippen LogP contribution is 2.35. The topological polar surface area (TPSA) is 68.7 Å². The molecule has 112 valence electrons. The molecule has 1 aromatic carbocycles. The van der Waals surface area contributed by atoms with Gasteiger partial charge < -0.3 is 14.6 Å². The smallest absolute Gasteiger partial charge is 0.355 e. The molecule has 0 bridgehead atoms. The second-order valence-electron chi connectivity index (χ2n) is 4.41. The summed E-state index contributed by atoms with van der Waals surface area (Å²) in [6, 6.07) is 5.45. The number of unbranched alkanes of at least 4 members (excludes halogenated alkanes) is 1. The normalized spacial score (nSPS) is 10.4. The largest absolute Gasteiger partial charge is 0.497 e. The molecule has 0 amide bonds. The summed E-state index contributed by atoms with van der Waals surface area (Å²) < 4.78 is 11.0. The standard InChI is InChI=1S/C15H17NO4S/c1-3-4-7-20-13-8-10(19-2)5-6-11(13)14-16-12(9-21-14)15(17)18/h5-6,8-9H,3-4,7H2,1-2H3,(H,17,18). The maximum atomic E-state index is 10.9. The number of rotatable bonds is 7. The van der Waals surface area contributed by atoms with Gasteiger partial charge in [-0.2, -0.15) is 0 Å². The molecule has 2 aromatic rings. The van der Waals surface area contributed by atoms with E-state index in [1.54, 1.807) is 13.2 Å².